The molecule has 2 aromatic heterocycles. The molecule has 3 aromatic rings. The number of para-hydroxylation sites is 2. The fraction of sp³-hybridized carbons (Fsp3) is 0.214. The van der Waals surface area contributed by atoms with Gasteiger partial charge in [-0.15, -0.1) is 0 Å². The van der Waals surface area contributed by atoms with Crippen LogP contribution >= 0.6 is 0 Å². The van der Waals surface area contributed by atoms with Crippen LogP contribution < -0.4 is 11.1 Å². The number of nitrogens with zero attached hydrogens (tertiary/aromatic N) is 3. The van der Waals surface area contributed by atoms with Crippen molar-refractivity contribution in [3.63, 3.8) is 0 Å². The van der Waals surface area contributed by atoms with Crippen LogP contribution in [0.4, 0.5) is 5.95 Å². The molecular weight excluding hydrogens is 252 g/mol. The lowest BCUT2D eigenvalue weighted by Crippen LogP contribution is -2.17. The Kier molecular flexibility index (Phi) is 3.56. The molecule has 0 saturated heterocycles. The zero-order chi connectivity index (χ0) is 13.8. The maximum Gasteiger partial charge on any atom is 0.219 e. The normalized spacial score (nSPS) is 11.0. The largest absolute Gasteiger partial charge is 0.368 e. The number of fused-ring (bicyclic) bond motifs is 1. The molecule has 0 amide bonds. The van der Waals surface area contributed by atoms with Gasteiger partial charge in [-0.3, -0.25) is 0 Å². The summed E-state index contributed by atoms with van der Waals surface area (Å²) < 4.78 is 0. The standard InChI is InChI=1S/C14H16N6/c15-14-17-8-10(9-18-14)7-16-6-5-13-19-11-3-1-2-4-12(11)20-13/h1-4,8-9,16H,5-7H2,(H,19,20)(H2,15,17,18). The highest BCUT2D eigenvalue weighted by Gasteiger charge is 2.01. The number of aromatic nitrogens is 4. The number of hydrogen-bond acceptors (Lipinski definition) is 5. The minimum atomic E-state index is 0.302. The Balaban J connectivity index is 1.51. The lowest BCUT2D eigenvalue weighted by atomic mass is 10.3. The van der Waals surface area contributed by atoms with E-state index in [1.807, 2.05) is 24.3 Å². The summed E-state index contributed by atoms with van der Waals surface area (Å²) in [6.45, 7) is 1.56. The van der Waals surface area contributed by atoms with Crippen LogP contribution in [-0.4, -0.2) is 26.5 Å². The molecule has 20 heavy (non-hydrogen) atoms. The summed E-state index contributed by atoms with van der Waals surface area (Å²) in [5, 5.41) is 3.33. The molecule has 2 heterocycles. The summed E-state index contributed by atoms with van der Waals surface area (Å²) >= 11 is 0. The summed E-state index contributed by atoms with van der Waals surface area (Å²) in [6.07, 6.45) is 4.32. The number of nitrogens with one attached hydrogen (secondary N) is 2. The van der Waals surface area contributed by atoms with Crippen molar-refractivity contribution in [2.45, 2.75) is 13.0 Å². The second-order valence-electron chi connectivity index (χ2n) is 4.58. The number of anilines is 1. The van der Waals surface area contributed by atoms with Crippen molar-refractivity contribution in [2.24, 2.45) is 0 Å². The first-order valence-electron chi connectivity index (χ1n) is 6.52. The summed E-state index contributed by atoms with van der Waals surface area (Å²) in [6, 6.07) is 8.04. The van der Waals surface area contributed by atoms with Gasteiger partial charge in [-0.1, -0.05) is 12.1 Å². The second kappa shape index (κ2) is 5.66. The SMILES string of the molecule is Nc1ncc(CNCCc2nc3ccccc3[nH]2)cn1. The van der Waals surface area contributed by atoms with E-state index in [1.54, 1.807) is 12.4 Å². The third-order valence-electron chi connectivity index (χ3n) is 3.03. The maximum absolute atomic E-state index is 5.44. The third kappa shape index (κ3) is 2.92. The first-order valence-corrected chi connectivity index (χ1v) is 6.52. The molecule has 0 aliphatic carbocycles. The Morgan fingerprint density at radius 2 is 1.95 bits per heavy atom. The Morgan fingerprint density at radius 3 is 2.75 bits per heavy atom. The minimum Gasteiger partial charge on any atom is -0.368 e. The molecule has 0 aliphatic rings. The monoisotopic (exact) mass is 268 g/mol. The topological polar surface area (TPSA) is 92.5 Å². The molecule has 0 bridgehead atoms. The van der Waals surface area contributed by atoms with Gasteiger partial charge >= 0.3 is 0 Å². The van der Waals surface area contributed by atoms with Crippen LogP contribution in [0.5, 0.6) is 0 Å². The van der Waals surface area contributed by atoms with Gasteiger partial charge in [0.1, 0.15) is 5.82 Å². The molecule has 0 unspecified atom stereocenters. The van der Waals surface area contributed by atoms with Crippen LogP contribution in [0.3, 0.4) is 0 Å². The average Bonchev–Trinajstić information content (AvgIpc) is 2.88. The summed E-state index contributed by atoms with van der Waals surface area (Å²) in [7, 11) is 0. The van der Waals surface area contributed by atoms with E-state index < -0.39 is 0 Å². The zero-order valence-electron chi connectivity index (χ0n) is 11.0. The Morgan fingerprint density at radius 1 is 1.15 bits per heavy atom. The van der Waals surface area contributed by atoms with Gasteiger partial charge < -0.3 is 16.0 Å². The van der Waals surface area contributed by atoms with E-state index in [-0.39, 0.29) is 0 Å². The molecule has 0 spiro atoms. The molecule has 6 nitrogen and oxygen atoms in total. The number of H-pyrrole nitrogens is 1. The summed E-state index contributed by atoms with van der Waals surface area (Å²) in [5.74, 6) is 1.29. The van der Waals surface area contributed by atoms with Gasteiger partial charge in [-0.05, 0) is 12.1 Å². The maximum atomic E-state index is 5.44. The van der Waals surface area contributed by atoms with Crippen molar-refractivity contribution in [3.8, 4) is 0 Å². The molecule has 0 saturated carbocycles. The molecule has 102 valence electrons. The highest BCUT2D eigenvalue weighted by Crippen LogP contribution is 2.10. The zero-order valence-corrected chi connectivity index (χ0v) is 11.0. The van der Waals surface area contributed by atoms with Crippen molar-refractivity contribution in [1.82, 2.24) is 25.3 Å². The van der Waals surface area contributed by atoms with Crippen molar-refractivity contribution < 1.29 is 0 Å². The first kappa shape index (κ1) is 12.6. The van der Waals surface area contributed by atoms with E-state index in [0.29, 0.717) is 5.95 Å². The Bertz CT molecular complexity index is 655. The van der Waals surface area contributed by atoms with Gasteiger partial charge in [0.15, 0.2) is 0 Å². The van der Waals surface area contributed by atoms with Crippen LogP contribution in [0.15, 0.2) is 36.7 Å². The number of aromatic amines is 1. The van der Waals surface area contributed by atoms with E-state index in [0.717, 1.165) is 41.9 Å². The second-order valence-corrected chi connectivity index (χ2v) is 4.58. The molecule has 0 aliphatic heterocycles. The number of nitrogens with two attached hydrogens (primary N) is 1. The average molecular weight is 268 g/mol. The molecule has 0 radical (unpaired) electrons. The summed E-state index contributed by atoms with van der Waals surface area (Å²) in [5.41, 5.74) is 8.54. The van der Waals surface area contributed by atoms with Crippen LogP contribution in [0, 0.1) is 0 Å². The van der Waals surface area contributed by atoms with Crippen molar-refractivity contribution in [1.29, 1.82) is 0 Å². The van der Waals surface area contributed by atoms with E-state index in [1.165, 1.54) is 0 Å². The van der Waals surface area contributed by atoms with Gasteiger partial charge in [0, 0.05) is 37.5 Å². The lowest BCUT2D eigenvalue weighted by molar-refractivity contribution is 0.671. The van der Waals surface area contributed by atoms with E-state index >= 15 is 0 Å². The lowest BCUT2D eigenvalue weighted by Gasteiger charge is -2.03. The molecule has 0 fully saturated rings. The molecular formula is C14H16N6. The van der Waals surface area contributed by atoms with Gasteiger partial charge in [-0.2, -0.15) is 0 Å². The molecule has 6 heteroatoms. The quantitative estimate of drug-likeness (QED) is 0.606. The van der Waals surface area contributed by atoms with Crippen molar-refractivity contribution in [2.75, 3.05) is 12.3 Å². The fourth-order valence-electron chi connectivity index (χ4n) is 2.02. The van der Waals surface area contributed by atoms with Gasteiger partial charge in [-0.25, -0.2) is 15.0 Å². The number of rotatable bonds is 5. The smallest absolute Gasteiger partial charge is 0.219 e. The van der Waals surface area contributed by atoms with Crippen LogP contribution in [-0.2, 0) is 13.0 Å². The number of hydrogen-bond donors (Lipinski definition) is 3. The van der Waals surface area contributed by atoms with Crippen molar-refractivity contribution in [3.05, 3.63) is 48.0 Å². The van der Waals surface area contributed by atoms with E-state index in [2.05, 4.69) is 25.3 Å². The Hall–Kier alpha value is -2.47. The Labute approximate surface area is 116 Å². The molecule has 3 rings (SSSR count). The van der Waals surface area contributed by atoms with E-state index in [9.17, 15) is 0 Å². The highest BCUT2D eigenvalue weighted by atomic mass is 15.0. The first-order chi connectivity index (χ1) is 9.81. The van der Waals surface area contributed by atoms with E-state index in [4.69, 9.17) is 5.73 Å². The predicted molar refractivity (Wildman–Crippen MR) is 77.9 cm³/mol. The number of benzene rings is 1. The highest BCUT2D eigenvalue weighted by molar-refractivity contribution is 5.74. The van der Waals surface area contributed by atoms with Crippen LogP contribution in [0.2, 0.25) is 0 Å². The van der Waals surface area contributed by atoms with Crippen molar-refractivity contribution >= 4 is 17.0 Å². The minimum absolute atomic E-state index is 0.302. The predicted octanol–water partition coefficient (Wildman–Crippen LogP) is 1.27. The van der Waals surface area contributed by atoms with Gasteiger partial charge in [0.2, 0.25) is 5.95 Å². The summed E-state index contributed by atoms with van der Waals surface area (Å²) in [4.78, 5) is 15.7. The van der Waals surface area contributed by atoms with Crippen LogP contribution in [0.1, 0.15) is 11.4 Å². The number of imidazole rings is 1. The molecule has 0 atom stereocenters. The fourth-order valence-corrected chi connectivity index (χ4v) is 2.02. The third-order valence-corrected chi connectivity index (χ3v) is 3.03. The number of nitrogen functional groups attached to an aromatic ring is 1. The van der Waals surface area contributed by atoms with Crippen LogP contribution in [0.25, 0.3) is 11.0 Å². The van der Waals surface area contributed by atoms with Gasteiger partial charge in [0.25, 0.3) is 0 Å². The molecule has 4 N–H and O–H groups in total. The van der Waals surface area contributed by atoms with Gasteiger partial charge in [0.05, 0.1) is 11.0 Å². The molecule has 1 aromatic carbocycles.